The number of nitrogens with zero attached hydrogens (tertiary/aromatic N) is 3. The molecule has 0 aliphatic carbocycles. The van der Waals surface area contributed by atoms with Gasteiger partial charge < -0.3 is 10.2 Å². The molecule has 0 unspecified atom stereocenters. The number of fused-ring (bicyclic) bond motifs is 3. The average molecular weight is 694 g/mol. The fourth-order valence-corrected chi connectivity index (χ4v) is 13.0. The van der Waals surface area contributed by atoms with Crippen molar-refractivity contribution in [2.75, 3.05) is 0 Å². The fraction of sp³-hybridized carbons (Fsp3) is 0.279. The van der Waals surface area contributed by atoms with E-state index in [0.717, 1.165) is 11.1 Å². The summed E-state index contributed by atoms with van der Waals surface area (Å²) in [6.45, 7) is 4.55. The smallest absolute Gasteiger partial charge is 0.335 e. The lowest BCUT2D eigenvalue weighted by atomic mass is 10.0. The van der Waals surface area contributed by atoms with Gasteiger partial charge in [0.2, 0.25) is 0 Å². The first-order valence-electron chi connectivity index (χ1n) is 18.0. The van der Waals surface area contributed by atoms with Crippen LogP contribution in [-0.4, -0.2) is 45.2 Å². The fourth-order valence-electron chi connectivity index (χ4n) is 7.32. The maximum atomic E-state index is 12.1. The van der Waals surface area contributed by atoms with Crippen molar-refractivity contribution in [1.82, 2.24) is 15.0 Å². The molecular formula is C43H43N3O4Si. The van der Waals surface area contributed by atoms with Crippen molar-refractivity contribution < 1.29 is 19.8 Å². The Hall–Kier alpha value is -5.39. The van der Waals surface area contributed by atoms with Crippen LogP contribution in [0.25, 0.3) is 33.9 Å². The van der Waals surface area contributed by atoms with Gasteiger partial charge in [0.05, 0.1) is 33.9 Å². The number of pyridine rings is 3. The molecule has 2 aromatic carbocycles. The summed E-state index contributed by atoms with van der Waals surface area (Å²) in [7, 11) is -2.00. The lowest BCUT2D eigenvalue weighted by Crippen LogP contribution is -2.55. The molecule has 5 aromatic rings. The van der Waals surface area contributed by atoms with Crippen LogP contribution in [0, 0.1) is 11.8 Å². The van der Waals surface area contributed by atoms with Gasteiger partial charge >= 0.3 is 11.9 Å². The van der Waals surface area contributed by atoms with E-state index in [1.807, 2.05) is 6.07 Å². The van der Waals surface area contributed by atoms with Gasteiger partial charge in [-0.25, -0.2) is 14.6 Å². The van der Waals surface area contributed by atoms with Crippen LogP contribution in [0.1, 0.15) is 97.1 Å². The van der Waals surface area contributed by atoms with E-state index >= 15 is 0 Å². The number of hydrogen-bond donors (Lipinski definition) is 2. The molecule has 0 saturated heterocycles. The normalized spacial score (nSPS) is 12.4. The molecule has 0 atom stereocenters. The van der Waals surface area contributed by atoms with Crippen molar-refractivity contribution in [3.63, 3.8) is 0 Å². The maximum absolute atomic E-state index is 12.1. The molecule has 4 heterocycles. The van der Waals surface area contributed by atoms with Crippen LogP contribution in [0.4, 0.5) is 0 Å². The topological polar surface area (TPSA) is 113 Å². The average Bonchev–Trinajstić information content (AvgIpc) is 3.43. The Bertz CT molecular complexity index is 2120. The number of carboxylic acids is 2. The second kappa shape index (κ2) is 16.1. The second-order valence-electron chi connectivity index (χ2n) is 13.4. The number of hydrogen-bond acceptors (Lipinski definition) is 5. The van der Waals surface area contributed by atoms with Gasteiger partial charge in [-0.15, -0.1) is 0 Å². The molecule has 2 N–H and O–H groups in total. The lowest BCUT2D eigenvalue weighted by molar-refractivity contribution is 0.0686. The number of benzene rings is 2. The predicted molar refractivity (Wildman–Crippen MR) is 205 cm³/mol. The Morgan fingerprint density at radius 2 is 1.16 bits per heavy atom. The minimum absolute atomic E-state index is 0.00742. The quantitative estimate of drug-likeness (QED) is 0.0680. The van der Waals surface area contributed by atoms with Crippen LogP contribution >= 0.6 is 0 Å². The van der Waals surface area contributed by atoms with Gasteiger partial charge in [-0.2, -0.15) is 0 Å². The molecule has 8 heteroatoms. The summed E-state index contributed by atoms with van der Waals surface area (Å²) in [5, 5.41) is 22.4. The van der Waals surface area contributed by atoms with Gasteiger partial charge in [-0.1, -0.05) is 107 Å². The first-order valence-corrected chi connectivity index (χ1v) is 20.4. The van der Waals surface area contributed by atoms with Crippen LogP contribution in [0.5, 0.6) is 0 Å². The molecule has 0 radical (unpaired) electrons. The SMILES string of the molecule is CCCCCC[Si]1(CCCCCC)c2ccccc2-c2ccc(C#Cc3ccnc(-c4cc(C(=O)O)cc(-c5cc(C(=O)O)ccn5)n4)c3)cc21. The van der Waals surface area contributed by atoms with E-state index in [-0.39, 0.29) is 22.5 Å². The number of unbranched alkanes of at least 4 members (excludes halogenated alkanes) is 6. The third kappa shape index (κ3) is 7.84. The minimum atomic E-state index is -2.00. The van der Waals surface area contributed by atoms with E-state index in [2.05, 4.69) is 83.1 Å². The van der Waals surface area contributed by atoms with Gasteiger partial charge in [0.15, 0.2) is 0 Å². The lowest BCUT2D eigenvalue weighted by Gasteiger charge is -2.30. The summed E-state index contributed by atoms with van der Waals surface area (Å²) in [4.78, 5) is 37.0. The van der Waals surface area contributed by atoms with Crippen LogP contribution < -0.4 is 10.4 Å². The third-order valence-electron chi connectivity index (χ3n) is 9.90. The second-order valence-corrected chi connectivity index (χ2v) is 17.6. The van der Waals surface area contributed by atoms with E-state index in [9.17, 15) is 19.8 Å². The van der Waals surface area contributed by atoms with Gasteiger partial charge in [0.1, 0.15) is 8.07 Å². The van der Waals surface area contributed by atoms with E-state index in [1.54, 1.807) is 17.4 Å². The monoisotopic (exact) mass is 693 g/mol. The Balaban J connectivity index is 1.35. The van der Waals surface area contributed by atoms with Crippen molar-refractivity contribution in [2.45, 2.75) is 77.3 Å². The Morgan fingerprint density at radius 1 is 0.588 bits per heavy atom. The zero-order chi connectivity index (χ0) is 35.8. The summed E-state index contributed by atoms with van der Waals surface area (Å²) in [5.41, 5.74) is 5.79. The molecule has 0 spiro atoms. The Labute approximate surface area is 300 Å². The van der Waals surface area contributed by atoms with Crippen LogP contribution in [0.3, 0.4) is 0 Å². The number of carbonyl (C=O) groups is 2. The van der Waals surface area contributed by atoms with Gasteiger partial charge in [-0.05, 0) is 82.1 Å². The highest BCUT2D eigenvalue weighted by Crippen LogP contribution is 2.36. The third-order valence-corrected chi connectivity index (χ3v) is 15.2. The van der Waals surface area contributed by atoms with Crippen molar-refractivity contribution in [1.29, 1.82) is 0 Å². The minimum Gasteiger partial charge on any atom is -0.478 e. The van der Waals surface area contributed by atoms with Crippen molar-refractivity contribution in [2.24, 2.45) is 0 Å². The first-order chi connectivity index (χ1) is 24.8. The first kappa shape index (κ1) is 35.4. The van der Waals surface area contributed by atoms with Crippen molar-refractivity contribution in [3.05, 3.63) is 114 Å². The number of aromatic carboxylic acids is 2. The van der Waals surface area contributed by atoms with Crippen molar-refractivity contribution in [3.8, 4) is 45.7 Å². The highest BCUT2D eigenvalue weighted by Gasteiger charge is 2.44. The molecule has 0 saturated carbocycles. The Kier molecular flexibility index (Phi) is 11.2. The van der Waals surface area contributed by atoms with Gasteiger partial charge in [0.25, 0.3) is 0 Å². The van der Waals surface area contributed by atoms with Gasteiger partial charge in [-0.3, -0.25) is 9.97 Å². The predicted octanol–water partition coefficient (Wildman–Crippen LogP) is 8.71. The molecule has 0 amide bonds. The molecule has 1 aliphatic rings. The molecule has 0 fully saturated rings. The molecule has 6 rings (SSSR count). The van der Waals surface area contributed by atoms with Crippen molar-refractivity contribution >= 4 is 30.4 Å². The highest BCUT2D eigenvalue weighted by atomic mass is 28.3. The van der Waals surface area contributed by atoms with E-state index < -0.39 is 20.0 Å². The van der Waals surface area contributed by atoms with Gasteiger partial charge in [0, 0.05) is 23.5 Å². The number of rotatable bonds is 14. The van der Waals surface area contributed by atoms with E-state index in [0.29, 0.717) is 11.4 Å². The molecule has 1 aliphatic heterocycles. The number of aromatic nitrogens is 3. The Morgan fingerprint density at radius 3 is 1.80 bits per heavy atom. The molecule has 258 valence electrons. The zero-order valence-electron chi connectivity index (χ0n) is 29.3. The molecular weight excluding hydrogens is 651 g/mol. The highest BCUT2D eigenvalue weighted by molar-refractivity contribution is 7.05. The summed E-state index contributed by atoms with van der Waals surface area (Å²) in [5.74, 6) is 4.52. The molecule has 7 nitrogen and oxygen atoms in total. The number of carboxylic acid groups (broad SMARTS) is 2. The maximum Gasteiger partial charge on any atom is 0.335 e. The summed E-state index contributed by atoms with van der Waals surface area (Å²) >= 11 is 0. The largest absolute Gasteiger partial charge is 0.478 e. The van der Waals surface area contributed by atoms with Crippen LogP contribution in [-0.2, 0) is 0 Å². The van der Waals surface area contributed by atoms with Crippen LogP contribution in [0.15, 0.2) is 91.3 Å². The van der Waals surface area contributed by atoms with E-state index in [1.165, 1.54) is 110 Å². The summed E-state index contributed by atoms with van der Waals surface area (Å²) < 4.78 is 0. The summed E-state index contributed by atoms with van der Waals surface area (Å²) in [6.07, 6.45) is 13.1. The standard InChI is InChI=1S/C43H43N3O4Si/c1-3-5-7-11-23-51(24-12-8-6-4-2)40-14-10-9-13-34(40)35-18-17-30(26-41(35)51)15-16-31-19-21-44-36(25-31)38-28-33(43(49)50)29-39(46-38)37-27-32(42(47)48)20-22-45-37/h9-10,13-14,17-22,25-29H,3-8,11-12,23-24H2,1-2H3,(H,47,48)(H,49,50). The zero-order valence-corrected chi connectivity index (χ0v) is 30.3. The molecule has 51 heavy (non-hydrogen) atoms. The van der Waals surface area contributed by atoms with Crippen LogP contribution in [0.2, 0.25) is 12.1 Å². The van der Waals surface area contributed by atoms with E-state index in [4.69, 9.17) is 0 Å². The summed E-state index contributed by atoms with van der Waals surface area (Å²) in [6, 6.07) is 27.7. The molecule has 3 aromatic heterocycles. The molecule has 0 bridgehead atoms.